The molecule has 1 N–H and O–H groups in total. The molecule has 118 valence electrons. The second kappa shape index (κ2) is 6.95. The largest absolute Gasteiger partial charge is 0.356 e. The van der Waals surface area contributed by atoms with Crippen LogP contribution in [0, 0.1) is 12.8 Å². The van der Waals surface area contributed by atoms with Gasteiger partial charge in [-0.25, -0.2) is 4.98 Å². The second-order valence-electron chi connectivity index (χ2n) is 6.44. The molecule has 4 heteroatoms. The molecule has 2 heterocycles. The molecule has 1 saturated carbocycles. The third kappa shape index (κ3) is 3.67. The van der Waals surface area contributed by atoms with Gasteiger partial charge >= 0.3 is 0 Å². The van der Waals surface area contributed by atoms with E-state index < -0.39 is 0 Å². The first-order valence-corrected chi connectivity index (χ1v) is 8.42. The summed E-state index contributed by atoms with van der Waals surface area (Å²) in [5.41, 5.74) is 3.19. The topological polar surface area (TPSA) is 46.4 Å². The molecule has 2 aromatic rings. The number of aryl methyl sites for hydroxylation is 1. The van der Waals surface area contributed by atoms with E-state index in [4.69, 9.17) is 0 Å². The third-order valence-corrected chi connectivity index (χ3v) is 4.65. The van der Waals surface area contributed by atoms with Crippen LogP contribution in [0.2, 0.25) is 0 Å². The van der Waals surface area contributed by atoms with E-state index in [0.717, 1.165) is 17.8 Å². The summed E-state index contributed by atoms with van der Waals surface area (Å²) in [6, 6.07) is 6.11. The van der Waals surface area contributed by atoms with Gasteiger partial charge < -0.3 is 9.72 Å². The quantitative estimate of drug-likeness (QED) is 0.921. The highest BCUT2D eigenvalue weighted by atomic mass is 16.1. The Bertz CT molecular complexity index is 641. The summed E-state index contributed by atoms with van der Waals surface area (Å²) in [5, 5.41) is 3.05. The molecule has 0 aromatic carbocycles. The van der Waals surface area contributed by atoms with Crippen molar-refractivity contribution in [1.82, 2.24) is 14.7 Å². The van der Waals surface area contributed by atoms with Gasteiger partial charge in [0.2, 0.25) is 5.91 Å². The van der Waals surface area contributed by atoms with Gasteiger partial charge in [0.15, 0.2) is 0 Å². The van der Waals surface area contributed by atoms with E-state index in [2.05, 4.69) is 33.9 Å². The van der Waals surface area contributed by atoms with Gasteiger partial charge in [-0.1, -0.05) is 25.3 Å². The van der Waals surface area contributed by atoms with Crippen molar-refractivity contribution in [2.24, 2.45) is 5.92 Å². The first kappa shape index (κ1) is 15.1. The lowest BCUT2D eigenvalue weighted by Gasteiger charge is -2.20. The van der Waals surface area contributed by atoms with E-state index in [1.807, 2.05) is 12.1 Å². The third-order valence-electron chi connectivity index (χ3n) is 4.65. The predicted octanol–water partition coefficient (Wildman–Crippen LogP) is 3.27. The van der Waals surface area contributed by atoms with E-state index in [0.29, 0.717) is 18.9 Å². The maximum absolute atomic E-state index is 12.0. The summed E-state index contributed by atoms with van der Waals surface area (Å²) in [6.07, 6.45) is 9.92. The molecule has 0 atom stereocenters. The van der Waals surface area contributed by atoms with Gasteiger partial charge in [-0.05, 0) is 37.8 Å². The lowest BCUT2D eigenvalue weighted by molar-refractivity contribution is -0.122. The number of hydrogen-bond donors (Lipinski definition) is 1. The Labute approximate surface area is 131 Å². The number of carbonyl (C=O) groups excluding carboxylic acids is 1. The number of aromatic nitrogens is 2. The highest BCUT2D eigenvalue weighted by Gasteiger charge is 2.16. The number of pyridine rings is 1. The molecule has 0 spiro atoms. The van der Waals surface area contributed by atoms with Crippen molar-refractivity contribution in [3.63, 3.8) is 0 Å². The molecule has 0 bridgehead atoms. The monoisotopic (exact) mass is 299 g/mol. The summed E-state index contributed by atoms with van der Waals surface area (Å²) in [4.78, 5) is 16.6. The van der Waals surface area contributed by atoms with Crippen LogP contribution < -0.4 is 5.32 Å². The first-order chi connectivity index (χ1) is 10.7. The molecule has 0 saturated heterocycles. The van der Waals surface area contributed by atoms with Crippen molar-refractivity contribution in [2.75, 3.05) is 6.54 Å². The van der Waals surface area contributed by atoms with Crippen LogP contribution in [0.1, 0.15) is 49.9 Å². The predicted molar refractivity (Wildman–Crippen MR) is 87.8 cm³/mol. The van der Waals surface area contributed by atoms with Crippen molar-refractivity contribution >= 4 is 11.6 Å². The van der Waals surface area contributed by atoms with Gasteiger partial charge in [0.05, 0.1) is 5.69 Å². The van der Waals surface area contributed by atoms with E-state index in [-0.39, 0.29) is 5.91 Å². The van der Waals surface area contributed by atoms with Crippen LogP contribution in [0.25, 0.3) is 5.65 Å². The van der Waals surface area contributed by atoms with Crippen LogP contribution in [-0.4, -0.2) is 21.8 Å². The lowest BCUT2D eigenvalue weighted by atomic mass is 9.87. The Morgan fingerprint density at radius 1 is 1.32 bits per heavy atom. The highest BCUT2D eigenvalue weighted by molar-refractivity contribution is 5.76. The second-order valence-corrected chi connectivity index (χ2v) is 6.44. The standard InChI is InChI=1S/C18H25N3O/c1-14-6-5-9-17-20-16(13-21(14)17)10-11-19-18(22)12-15-7-3-2-4-8-15/h5-6,9,13,15H,2-4,7-8,10-12H2,1H3,(H,19,22). The van der Waals surface area contributed by atoms with E-state index in [1.165, 1.54) is 37.8 Å². The smallest absolute Gasteiger partial charge is 0.220 e. The molecule has 0 aliphatic heterocycles. The molecule has 4 nitrogen and oxygen atoms in total. The summed E-state index contributed by atoms with van der Waals surface area (Å²) in [6.45, 7) is 2.75. The van der Waals surface area contributed by atoms with Crippen LogP contribution in [0.3, 0.4) is 0 Å². The van der Waals surface area contributed by atoms with Gasteiger partial charge in [-0.15, -0.1) is 0 Å². The Hall–Kier alpha value is -1.84. The molecule has 1 aliphatic carbocycles. The van der Waals surface area contributed by atoms with Crippen molar-refractivity contribution in [3.8, 4) is 0 Å². The normalized spacial score (nSPS) is 16.0. The fraction of sp³-hybridized carbons (Fsp3) is 0.556. The SMILES string of the molecule is Cc1cccc2nc(CCNC(=O)CC3CCCCC3)cn12. The highest BCUT2D eigenvalue weighted by Crippen LogP contribution is 2.25. The summed E-state index contributed by atoms with van der Waals surface area (Å²) >= 11 is 0. The molecule has 1 fully saturated rings. The molecule has 1 aliphatic rings. The Morgan fingerprint density at radius 2 is 2.14 bits per heavy atom. The molecule has 22 heavy (non-hydrogen) atoms. The molecular formula is C18H25N3O. The minimum absolute atomic E-state index is 0.201. The Kier molecular flexibility index (Phi) is 4.76. The minimum atomic E-state index is 0.201. The maximum Gasteiger partial charge on any atom is 0.220 e. The van der Waals surface area contributed by atoms with Gasteiger partial charge in [0.1, 0.15) is 5.65 Å². The van der Waals surface area contributed by atoms with Crippen molar-refractivity contribution in [2.45, 2.75) is 51.9 Å². The van der Waals surface area contributed by atoms with Crippen LogP contribution in [0.15, 0.2) is 24.4 Å². The first-order valence-electron chi connectivity index (χ1n) is 8.42. The van der Waals surface area contributed by atoms with Crippen LogP contribution in [0.5, 0.6) is 0 Å². The van der Waals surface area contributed by atoms with Gasteiger partial charge in [0, 0.05) is 31.3 Å². The summed E-state index contributed by atoms with van der Waals surface area (Å²) in [5.74, 6) is 0.804. The molecular weight excluding hydrogens is 274 g/mol. The van der Waals surface area contributed by atoms with Gasteiger partial charge in [-0.2, -0.15) is 0 Å². The van der Waals surface area contributed by atoms with Gasteiger partial charge in [0.25, 0.3) is 0 Å². The van der Waals surface area contributed by atoms with Crippen molar-refractivity contribution in [3.05, 3.63) is 35.8 Å². The zero-order valence-electron chi connectivity index (χ0n) is 13.3. The zero-order valence-corrected chi connectivity index (χ0v) is 13.3. The van der Waals surface area contributed by atoms with Gasteiger partial charge in [-0.3, -0.25) is 4.79 Å². The summed E-state index contributed by atoms with van der Waals surface area (Å²) < 4.78 is 2.10. The number of fused-ring (bicyclic) bond motifs is 1. The van der Waals surface area contributed by atoms with Crippen LogP contribution in [-0.2, 0) is 11.2 Å². The number of carbonyl (C=O) groups is 1. The van der Waals surface area contributed by atoms with Crippen molar-refractivity contribution < 1.29 is 4.79 Å². The Balaban J connectivity index is 1.47. The number of hydrogen-bond acceptors (Lipinski definition) is 2. The molecule has 0 radical (unpaired) electrons. The fourth-order valence-corrected chi connectivity index (χ4v) is 3.37. The number of nitrogens with one attached hydrogen (secondary N) is 1. The average molecular weight is 299 g/mol. The van der Waals surface area contributed by atoms with E-state index >= 15 is 0 Å². The van der Waals surface area contributed by atoms with E-state index in [9.17, 15) is 4.79 Å². The minimum Gasteiger partial charge on any atom is -0.356 e. The van der Waals surface area contributed by atoms with Crippen LogP contribution in [0.4, 0.5) is 0 Å². The number of imidazole rings is 1. The average Bonchev–Trinajstić information content (AvgIpc) is 2.93. The van der Waals surface area contributed by atoms with Crippen molar-refractivity contribution in [1.29, 1.82) is 0 Å². The fourth-order valence-electron chi connectivity index (χ4n) is 3.37. The number of nitrogens with zero attached hydrogens (tertiary/aromatic N) is 2. The Morgan fingerprint density at radius 3 is 2.91 bits per heavy atom. The zero-order chi connectivity index (χ0) is 15.4. The maximum atomic E-state index is 12.0. The molecule has 0 unspecified atom stereocenters. The number of rotatable bonds is 5. The lowest BCUT2D eigenvalue weighted by Crippen LogP contribution is -2.28. The van der Waals surface area contributed by atoms with Crippen LogP contribution >= 0.6 is 0 Å². The van der Waals surface area contributed by atoms with E-state index in [1.54, 1.807) is 0 Å². The molecule has 1 amide bonds. The molecule has 3 rings (SSSR count). The molecule has 2 aromatic heterocycles. The summed E-state index contributed by atoms with van der Waals surface area (Å²) in [7, 11) is 0. The number of amides is 1.